The van der Waals surface area contributed by atoms with E-state index in [4.69, 9.17) is 0 Å². The Labute approximate surface area is 111 Å². The molecule has 2 aliphatic rings. The summed E-state index contributed by atoms with van der Waals surface area (Å²) >= 11 is 0. The van der Waals surface area contributed by atoms with E-state index >= 15 is 0 Å². The summed E-state index contributed by atoms with van der Waals surface area (Å²) in [5.74, 6) is 1.07. The van der Waals surface area contributed by atoms with E-state index in [1.54, 1.807) is 0 Å². The van der Waals surface area contributed by atoms with Crippen molar-refractivity contribution in [2.45, 2.75) is 54.4 Å². The molecule has 2 unspecified atom stereocenters. The molecule has 0 aromatic heterocycles. The molecule has 1 nitrogen and oxygen atoms in total. The van der Waals surface area contributed by atoms with E-state index in [9.17, 15) is 4.79 Å². The number of allylic oxidation sites excluding steroid dienone is 4. The third-order valence-corrected chi connectivity index (χ3v) is 4.36. The molecule has 0 bridgehead atoms. The van der Waals surface area contributed by atoms with Crippen LogP contribution < -0.4 is 0 Å². The van der Waals surface area contributed by atoms with Crippen LogP contribution in [0.1, 0.15) is 54.4 Å². The highest BCUT2D eigenvalue weighted by molar-refractivity contribution is 5.87. The molecule has 0 aromatic rings. The molecule has 1 heteroatoms. The van der Waals surface area contributed by atoms with E-state index < -0.39 is 0 Å². The number of hydrogen-bond donors (Lipinski definition) is 0. The number of rotatable bonds is 0. The van der Waals surface area contributed by atoms with Crippen LogP contribution in [0.15, 0.2) is 23.3 Å². The zero-order valence-electron chi connectivity index (χ0n) is 12.6. The van der Waals surface area contributed by atoms with Gasteiger partial charge < -0.3 is 0 Å². The number of hydrogen-bond acceptors (Lipinski definition) is 1. The van der Waals surface area contributed by atoms with Crippen molar-refractivity contribution >= 4 is 5.78 Å². The summed E-state index contributed by atoms with van der Waals surface area (Å²) in [6.45, 7) is 13.4. The van der Waals surface area contributed by atoms with E-state index in [0.717, 1.165) is 12.8 Å². The van der Waals surface area contributed by atoms with Crippen molar-refractivity contribution in [2.24, 2.45) is 22.7 Å². The fraction of sp³-hybridized carbons (Fsp3) is 0.706. The lowest BCUT2D eigenvalue weighted by molar-refractivity contribution is -0.120. The van der Waals surface area contributed by atoms with Crippen LogP contribution in [0.4, 0.5) is 0 Å². The van der Waals surface area contributed by atoms with Crippen molar-refractivity contribution in [3.8, 4) is 0 Å². The monoisotopic (exact) mass is 246 g/mol. The third-order valence-electron chi connectivity index (χ3n) is 4.36. The number of Topliss-reactive ketones (excluding diaryl/α,β-unsaturated/α-hetero) is 1. The van der Waals surface area contributed by atoms with Gasteiger partial charge in [-0.2, -0.15) is 0 Å². The Balaban J connectivity index is 2.49. The van der Waals surface area contributed by atoms with Crippen LogP contribution in [0, 0.1) is 22.7 Å². The van der Waals surface area contributed by atoms with Gasteiger partial charge in [-0.25, -0.2) is 0 Å². The topological polar surface area (TPSA) is 17.1 Å². The third kappa shape index (κ3) is 2.20. The Morgan fingerprint density at radius 1 is 0.944 bits per heavy atom. The Hall–Kier alpha value is -0.850. The first-order valence-electron chi connectivity index (χ1n) is 7.08. The van der Waals surface area contributed by atoms with Gasteiger partial charge in [-0.1, -0.05) is 64.8 Å². The summed E-state index contributed by atoms with van der Waals surface area (Å²) in [5, 5.41) is 0. The fourth-order valence-corrected chi connectivity index (χ4v) is 3.50. The number of fused-ring (bicyclic) bond motifs is 1. The highest BCUT2D eigenvalue weighted by atomic mass is 16.1. The molecule has 0 aliphatic heterocycles. The highest BCUT2D eigenvalue weighted by Crippen LogP contribution is 2.51. The summed E-state index contributed by atoms with van der Waals surface area (Å²) in [6, 6.07) is 0. The highest BCUT2D eigenvalue weighted by Gasteiger charge is 2.45. The molecule has 2 rings (SSSR count). The molecule has 1 saturated carbocycles. The van der Waals surface area contributed by atoms with Gasteiger partial charge in [0.15, 0.2) is 0 Å². The zero-order valence-corrected chi connectivity index (χ0v) is 12.6. The van der Waals surface area contributed by atoms with Crippen molar-refractivity contribution in [3.63, 3.8) is 0 Å². The summed E-state index contributed by atoms with van der Waals surface area (Å²) in [6.07, 6.45) is 6.32. The molecule has 18 heavy (non-hydrogen) atoms. The first kappa shape index (κ1) is 13.6. The zero-order chi connectivity index (χ0) is 13.7. The first-order chi connectivity index (χ1) is 8.12. The largest absolute Gasteiger partial charge is 0.299 e. The van der Waals surface area contributed by atoms with Gasteiger partial charge in [0.25, 0.3) is 0 Å². The van der Waals surface area contributed by atoms with Gasteiger partial charge in [0.1, 0.15) is 5.78 Å². The minimum atomic E-state index is 0.100. The average Bonchev–Trinajstić information content (AvgIpc) is 2.57. The summed E-state index contributed by atoms with van der Waals surface area (Å²) < 4.78 is 0. The van der Waals surface area contributed by atoms with E-state index in [-0.39, 0.29) is 16.7 Å². The molecule has 1 fully saturated rings. The van der Waals surface area contributed by atoms with Crippen LogP contribution in [-0.2, 0) is 4.79 Å². The summed E-state index contributed by atoms with van der Waals surface area (Å²) in [4.78, 5) is 12.3. The Kier molecular flexibility index (Phi) is 3.08. The lowest BCUT2D eigenvalue weighted by atomic mass is 9.65. The number of carbonyl (C=O) groups excluding carboxylic acids is 1. The molecule has 0 spiro atoms. The van der Waals surface area contributed by atoms with Gasteiger partial charge in [0, 0.05) is 12.3 Å². The van der Waals surface area contributed by atoms with Gasteiger partial charge in [0.2, 0.25) is 0 Å². The van der Waals surface area contributed by atoms with Crippen molar-refractivity contribution in [1.29, 1.82) is 0 Å². The molecular weight excluding hydrogens is 220 g/mol. The van der Waals surface area contributed by atoms with E-state index in [0.29, 0.717) is 11.7 Å². The predicted octanol–water partition coefficient (Wildman–Crippen LogP) is 4.54. The molecule has 0 N–H and O–H groups in total. The second-order valence-corrected chi connectivity index (χ2v) is 7.83. The van der Waals surface area contributed by atoms with Gasteiger partial charge in [0.05, 0.1) is 0 Å². The smallest absolute Gasteiger partial charge is 0.140 e. The average molecular weight is 246 g/mol. The Morgan fingerprint density at radius 2 is 1.44 bits per heavy atom. The maximum absolute atomic E-state index is 12.3. The molecule has 0 heterocycles. The van der Waals surface area contributed by atoms with Crippen LogP contribution in [-0.4, -0.2) is 5.78 Å². The van der Waals surface area contributed by atoms with Gasteiger partial charge in [-0.05, 0) is 23.2 Å². The molecule has 0 radical (unpaired) electrons. The molecular formula is C17H26O. The predicted molar refractivity (Wildman–Crippen MR) is 76.3 cm³/mol. The van der Waals surface area contributed by atoms with Crippen LogP contribution in [0.5, 0.6) is 0 Å². The fourth-order valence-electron chi connectivity index (χ4n) is 3.50. The lowest BCUT2D eigenvalue weighted by Gasteiger charge is -2.38. The molecule has 2 atom stereocenters. The number of carbonyl (C=O) groups is 1. The summed E-state index contributed by atoms with van der Waals surface area (Å²) in [5.41, 5.74) is 3.07. The van der Waals surface area contributed by atoms with Gasteiger partial charge in [-0.15, -0.1) is 0 Å². The van der Waals surface area contributed by atoms with E-state index in [1.807, 2.05) is 0 Å². The second kappa shape index (κ2) is 4.08. The minimum absolute atomic E-state index is 0.100. The normalized spacial score (nSPS) is 28.9. The maximum Gasteiger partial charge on any atom is 0.140 e. The van der Waals surface area contributed by atoms with Crippen molar-refractivity contribution in [2.75, 3.05) is 0 Å². The molecule has 0 aromatic carbocycles. The Morgan fingerprint density at radius 3 is 1.94 bits per heavy atom. The van der Waals surface area contributed by atoms with Crippen molar-refractivity contribution < 1.29 is 4.79 Å². The van der Waals surface area contributed by atoms with Gasteiger partial charge in [-0.3, -0.25) is 4.79 Å². The second-order valence-electron chi connectivity index (χ2n) is 7.83. The molecule has 2 aliphatic carbocycles. The van der Waals surface area contributed by atoms with Crippen LogP contribution in [0.2, 0.25) is 0 Å². The summed E-state index contributed by atoms with van der Waals surface area (Å²) in [7, 11) is 0. The van der Waals surface area contributed by atoms with Crippen LogP contribution in [0.3, 0.4) is 0 Å². The van der Waals surface area contributed by atoms with Crippen LogP contribution in [0.25, 0.3) is 0 Å². The maximum atomic E-state index is 12.3. The minimum Gasteiger partial charge on any atom is -0.299 e. The van der Waals surface area contributed by atoms with Crippen molar-refractivity contribution in [3.05, 3.63) is 23.3 Å². The first-order valence-corrected chi connectivity index (χ1v) is 7.08. The van der Waals surface area contributed by atoms with Crippen LogP contribution >= 0.6 is 0 Å². The SMILES string of the molecule is CC(C)(C)C1=CC=C(C(C)(C)C)C2C(=O)CCC12. The van der Waals surface area contributed by atoms with E-state index in [2.05, 4.69) is 53.7 Å². The van der Waals surface area contributed by atoms with Crippen molar-refractivity contribution in [1.82, 2.24) is 0 Å². The number of ketones is 1. The standard InChI is InChI=1S/C17H26O/c1-16(2,3)12-8-9-13(17(4,5)6)15-11(12)7-10-14(15)18/h8-9,11,15H,7,10H2,1-6H3. The lowest BCUT2D eigenvalue weighted by Crippen LogP contribution is -2.31. The van der Waals surface area contributed by atoms with E-state index in [1.165, 1.54) is 11.1 Å². The molecule has 0 amide bonds. The molecule has 0 saturated heterocycles. The Bertz CT molecular complexity index is 424. The quantitative estimate of drug-likeness (QED) is 0.613. The van der Waals surface area contributed by atoms with Gasteiger partial charge >= 0.3 is 0 Å². The molecule has 100 valence electrons.